The van der Waals surface area contributed by atoms with Crippen molar-refractivity contribution in [2.24, 2.45) is 0 Å². The standard InChI is InChI=1S/C13H17N3O2/c1-3-16-8-10(15-13(16)14)9-18-12-7-5-4-6-11(12)17-2/h4-8H,3,9H2,1-2H3,(H2,14,15). The van der Waals surface area contributed by atoms with Crippen LogP contribution in [0.2, 0.25) is 0 Å². The molecule has 96 valence electrons. The molecule has 0 aliphatic heterocycles. The Morgan fingerprint density at radius 2 is 2.00 bits per heavy atom. The zero-order valence-corrected chi connectivity index (χ0v) is 10.6. The fraction of sp³-hybridized carbons (Fsp3) is 0.308. The van der Waals surface area contributed by atoms with Crippen molar-refractivity contribution in [2.75, 3.05) is 12.8 Å². The third-order valence-electron chi connectivity index (χ3n) is 2.64. The maximum Gasteiger partial charge on any atom is 0.200 e. The van der Waals surface area contributed by atoms with Gasteiger partial charge >= 0.3 is 0 Å². The van der Waals surface area contributed by atoms with E-state index in [0.29, 0.717) is 24.1 Å². The molecule has 5 nitrogen and oxygen atoms in total. The van der Waals surface area contributed by atoms with Crippen molar-refractivity contribution in [1.29, 1.82) is 0 Å². The smallest absolute Gasteiger partial charge is 0.200 e. The second kappa shape index (κ2) is 5.44. The van der Waals surface area contributed by atoms with E-state index in [0.717, 1.165) is 12.2 Å². The number of nitrogens with two attached hydrogens (primary N) is 1. The normalized spacial score (nSPS) is 10.3. The Morgan fingerprint density at radius 3 is 2.61 bits per heavy atom. The lowest BCUT2D eigenvalue weighted by Gasteiger charge is -2.08. The van der Waals surface area contributed by atoms with Crippen LogP contribution in [0.4, 0.5) is 5.95 Å². The number of nitrogens with zero attached hydrogens (tertiary/aromatic N) is 2. The fourth-order valence-electron chi connectivity index (χ4n) is 1.70. The highest BCUT2D eigenvalue weighted by Crippen LogP contribution is 2.26. The monoisotopic (exact) mass is 247 g/mol. The van der Waals surface area contributed by atoms with Crippen LogP contribution in [0.25, 0.3) is 0 Å². The average Bonchev–Trinajstić information content (AvgIpc) is 2.77. The van der Waals surface area contributed by atoms with E-state index in [9.17, 15) is 0 Å². The van der Waals surface area contributed by atoms with E-state index < -0.39 is 0 Å². The minimum Gasteiger partial charge on any atom is -0.493 e. The molecule has 2 N–H and O–H groups in total. The molecule has 0 atom stereocenters. The Kier molecular flexibility index (Phi) is 3.72. The molecule has 0 radical (unpaired) electrons. The maximum atomic E-state index is 5.75. The highest BCUT2D eigenvalue weighted by atomic mass is 16.5. The van der Waals surface area contributed by atoms with Gasteiger partial charge in [0.05, 0.1) is 12.8 Å². The molecule has 2 aromatic rings. The van der Waals surface area contributed by atoms with Crippen LogP contribution in [0, 0.1) is 0 Å². The highest BCUT2D eigenvalue weighted by Gasteiger charge is 2.06. The Bertz CT molecular complexity index is 523. The Balaban J connectivity index is 2.06. The van der Waals surface area contributed by atoms with Gasteiger partial charge in [-0.25, -0.2) is 4.98 Å². The van der Waals surface area contributed by atoms with Gasteiger partial charge in [0.25, 0.3) is 0 Å². The third-order valence-corrected chi connectivity index (χ3v) is 2.64. The Morgan fingerprint density at radius 1 is 1.28 bits per heavy atom. The lowest BCUT2D eigenvalue weighted by atomic mass is 10.3. The number of hydrogen-bond donors (Lipinski definition) is 1. The number of imidazole rings is 1. The van der Waals surface area contributed by atoms with Gasteiger partial charge in [0.2, 0.25) is 0 Å². The molecule has 1 aromatic carbocycles. The minimum atomic E-state index is 0.373. The lowest BCUT2D eigenvalue weighted by Crippen LogP contribution is -1.98. The number of rotatable bonds is 5. The topological polar surface area (TPSA) is 62.3 Å². The summed E-state index contributed by atoms with van der Waals surface area (Å²) in [6.07, 6.45) is 1.89. The van der Waals surface area contributed by atoms with Crippen molar-refractivity contribution in [2.45, 2.75) is 20.1 Å². The fourth-order valence-corrected chi connectivity index (χ4v) is 1.70. The van der Waals surface area contributed by atoms with Crippen molar-refractivity contribution >= 4 is 5.95 Å². The molecule has 0 spiro atoms. The van der Waals surface area contributed by atoms with Crippen LogP contribution in [0.5, 0.6) is 11.5 Å². The molecule has 2 rings (SSSR count). The van der Waals surface area contributed by atoms with Crippen LogP contribution in [0.3, 0.4) is 0 Å². The minimum absolute atomic E-state index is 0.373. The van der Waals surface area contributed by atoms with Crippen molar-refractivity contribution < 1.29 is 9.47 Å². The van der Waals surface area contributed by atoms with Gasteiger partial charge in [-0.1, -0.05) is 12.1 Å². The van der Waals surface area contributed by atoms with Gasteiger partial charge in [0, 0.05) is 12.7 Å². The first-order chi connectivity index (χ1) is 8.74. The molecule has 0 aliphatic carbocycles. The van der Waals surface area contributed by atoms with Gasteiger partial charge in [0.15, 0.2) is 17.4 Å². The van der Waals surface area contributed by atoms with E-state index in [1.807, 2.05) is 42.0 Å². The van der Waals surface area contributed by atoms with E-state index >= 15 is 0 Å². The molecule has 0 amide bonds. The summed E-state index contributed by atoms with van der Waals surface area (Å²) < 4.78 is 12.8. The summed E-state index contributed by atoms with van der Waals surface area (Å²) in [4.78, 5) is 4.23. The number of para-hydroxylation sites is 2. The van der Waals surface area contributed by atoms with Crippen molar-refractivity contribution in [1.82, 2.24) is 9.55 Å². The second-order valence-electron chi connectivity index (χ2n) is 3.82. The molecule has 0 fully saturated rings. The Labute approximate surface area is 106 Å². The molecule has 1 aromatic heterocycles. The molecule has 0 aliphatic rings. The van der Waals surface area contributed by atoms with Crippen LogP contribution < -0.4 is 15.2 Å². The molecule has 0 bridgehead atoms. The summed E-state index contributed by atoms with van der Waals surface area (Å²) in [6, 6.07) is 7.51. The Hall–Kier alpha value is -2.17. The molecule has 0 saturated heterocycles. The summed E-state index contributed by atoms with van der Waals surface area (Å²) in [6.45, 7) is 3.19. The van der Waals surface area contributed by atoms with Crippen molar-refractivity contribution in [3.63, 3.8) is 0 Å². The number of anilines is 1. The molecule has 18 heavy (non-hydrogen) atoms. The number of benzene rings is 1. The molecule has 0 saturated carbocycles. The van der Waals surface area contributed by atoms with Gasteiger partial charge in [-0.15, -0.1) is 0 Å². The molecule has 5 heteroatoms. The summed E-state index contributed by atoms with van der Waals surface area (Å²) in [5.41, 5.74) is 6.55. The summed E-state index contributed by atoms with van der Waals surface area (Å²) in [5, 5.41) is 0. The van der Waals surface area contributed by atoms with Crippen LogP contribution in [-0.4, -0.2) is 16.7 Å². The van der Waals surface area contributed by atoms with E-state index in [-0.39, 0.29) is 0 Å². The predicted molar refractivity (Wildman–Crippen MR) is 69.6 cm³/mol. The SMILES string of the molecule is CCn1cc(COc2ccccc2OC)nc1N. The summed E-state index contributed by atoms with van der Waals surface area (Å²) in [7, 11) is 1.62. The number of methoxy groups -OCH3 is 1. The first-order valence-corrected chi connectivity index (χ1v) is 5.82. The van der Waals surface area contributed by atoms with Gasteiger partial charge in [0.1, 0.15) is 6.61 Å². The number of aromatic nitrogens is 2. The van der Waals surface area contributed by atoms with E-state index in [1.54, 1.807) is 7.11 Å². The molecule has 1 heterocycles. The average molecular weight is 247 g/mol. The van der Waals surface area contributed by atoms with Gasteiger partial charge in [-0.3, -0.25) is 0 Å². The van der Waals surface area contributed by atoms with E-state index in [2.05, 4.69) is 4.98 Å². The number of ether oxygens (including phenoxy) is 2. The van der Waals surface area contributed by atoms with Crippen LogP contribution in [0.15, 0.2) is 30.5 Å². The van der Waals surface area contributed by atoms with Gasteiger partial charge in [-0.2, -0.15) is 0 Å². The summed E-state index contributed by atoms with van der Waals surface area (Å²) >= 11 is 0. The number of nitrogen functional groups attached to an aromatic ring is 1. The molecular weight excluding hydrogens is 230 g/mol. The van der Waals surface area contributed by atoms with Gasteiger partial charge < -0.3 is 19.8 Å². The number of hydrogen-bond acceptors (Lipinski definition) is 4. The van der Waals surface area contributed by atoms with E-state index in [4.69, 9.17) is 15.2 Å². The summed E-state index contributed by atoms with van der Waals surface area (Å²) in [5.74, 6) is 1.92. The van der Waals surface area contributed by atoms with Crippen LogP contribution >= 0.6 is 0 Å². The largest absolute Gasteiger partial charge is 0.493 e. The maximum absolute atomic E-state index is 5.75. The highest BCUT2D eigenvalue weighted by molar-refractivity contribution is 5.39. The van der Waals surface area contributed by atoms with Crippen LogP contribution in [-0.2, 0) is 13.2 Å². The van der Waals surface area contributed by atoms with E-state index in [1.165, 1.54) is 0 Å². The zero-order chi connectivity index (χ0) is 13.0. The van der Waals surface area contributed by atoms with Crippen molar-refractivity contribution in [3.05, 3.63) is 36.2 Å². The first-order valence-electron chi connectivity index (χ1n) is 5.82. The lowest BCUT2D eigenvalue weighted by molar-refractivity contribution is 0.281. The molecule has 0 unspecified atom stereocenters. The van der Waals surface area contributed by atoms with Gasteiger partial charge in [-0.05, 0) is 19.1 Å². The first kappa shape index (κ1) is 12.3. The quantitative estimate of drug-likeness (QED) is 0.878. The molecular formula is C13H17N3O2. The zero-order valence-electron chi connectivity index (χ0n) is 10.6. The van der Waals surface area contributed by atoms with Crippen molar-refractivity contribution in [3.8, 4) is 11.5 Å². The predicted octanol–water partition coefficient (Wildman–Crippen LogP) is 2.07. The third kappa shape index (κ3) is 2.56. The van der Waals surface area contributed by atoms with Crippen LogP contribution in [0.1, 0.15) is 12.6 Å². The number of aryl methyl sites for hydroxylation is 1. The second-order valence-corrected chi connectivity index (χ2v) is 3.82.